The lowest BCUT2D eigenvalue weighted by Crippen LogP contribution is -2.43. The maximum Gasteiger partial charge on any atom is 0.0431 e. The number of likely N-dealkylation sites (tertiary alicyclic amines) is 1. The van der Waals surface area contributed by atoms with Crippen LogP contribution >= 0.6 is 0 Å². The normalized spacial score (nSPS) is 30.9. The van der Waals surface area contributed by atoms with Crippen LogP contribution < -0.4 is 5.32 Å². The van der Waals surface area contributed by atoms with E-state index in [1.807, 2.05) is 0 Å². The van der Waals surface area contributed by atoms with Crippen LogP contribution in [0.2, 0.25) is 0 Å². The van der Waals surface area contributed by atoms with E-state index in [0.29, 0.717) is 6.61 Å². The number of aliphatic hydroxyl groups is 1. The molecule has 100 valence electrons. The molecule has 0 bridgehead atoms. The summed E-state index contributed by atoms with van der Waals surface area (Å²) in [7, 11) is 0. The number of unbranched alkanes of at least 4 members (excludes halogenated alkanes) is 2. The van der Waals surface area contributed by atoms with Crippen LogP contribution in [0.4, 0.5) is 0 Å². The van der Waals surface area contributed by atoms with Gasteiger partial charge >= 0.3 is 0 Å². The summed E-state index contributed by atoms with van der Waals surface area (Å²) in [6.07, 6.45) is 9.00. The number of rotatable bonds is 6. The van der Waals surface area contributed by atoms with Gasteiger partial charge in [0, 0.05) is 12.6 Å². The molecule has 2 N–H and O–H groups in total. The number of piperidine rings is 1. The van der Waals surface area contributed by atoms with Gasteiger partial charge in [-0.25, -0.2) is 0 Å². The Morgan fingerprint density at radius 2 is 2.06 bits per heavy atom. The molecule has 0 aromatic heterocycles. The van der Waals surface area contributed by atoms with Crippen molar-refractivity contribution in [2.24, 2.45) is 5.92 Å². The Hall–Kier alpha value is -0.120. The quantitative estimate of drug-likeness (QED) is 0.693. The van der Waals surface area contributed by atoms with Gasteiger partial charge in [0.25, 0.3) is 0 Å². The standard InChI is InChI=1S/C14H28N2O/c17-11-3-1-2-9-16-10-5-7-14(16)13-6-4-8-15-12-13/h13-15,17H,1-12H2. The summed E-state index contributed by atoms with van der Waals surface area (Å²) in [5.41, 5.74) is 0. The first-order valence-electron chi connectivity index (χ1n) is 7.47. The van der Waals surface area contributed by atoms with Gasteiger partial charge in [0.2, 0.25) is 0 Å². The van der Waals surface area contributed by atoms with Crippen LogP contribution in [0.5, 0.6) is 0 Å². The average molecular weight is 240 g/mol. The lowest BCUT2D eigenvalue weighted by atomic mass is 9.90. The molecular formula is C14H28N2O. The van der Waals surface area contributed by atoms with E-state index in [9.17, 15) is 0 Å². The van der Waals surface area contributed by atoms with Crippen molar-refractivity contribution in [1.82, 2.24) is 10.2 Å². The minimum Gasteiger partial charge on any atom is -0.396 e. The Labute approximate surface area is 106 Å². The third-order valence-corrected chi connectivity index (χ3v) is 4.40. The van der Waals surface area contributed by atoms with E-state index >= 15 is 0 Å². The topological polar surface area (TPSA) is 35.5 Å². The van der Waals surface area contributed by atoms with E-state index in [1.165, 1.54) is 64.7 Å². The third-order valence-electron chi connectivity index (χ3n) is 4.40. The second kappa shape index (κ2) is 7.34. The van der Waals surface area contributed by atoms with Gasteiger partial charge in [-0.3, -0.25) is 0 Å². The van der Waals surface area contributed by atoms with Gasteiger partial charge in [-0.2, -0.15) is 0 Å². The lowest BCUT2D eigenvalue weighted by molar-refractivity contribution is 0.162. The molecule has 2 aliphatic rings. The Morgan fingerprint density at radius 1 is 1.12 bits per heavy atom. The van der Waals surface area contributed by atoms with E-state index in [0.717, 1.165) is 18.4 Å². The summed E-state index contributed by atoms with van der Waals surface area (Å²) in [6.45, 7) is 5.37. The largest absolute Gasteiger partial charge is 0.396 e. The van der Waals surface area contributed by atoms with Crippen molar-refractivity contribution in [1.29, 1.82) is 0 Å². The zero-order chi connectivity index (χ0) is 11.9. The first kappa shape index (κ1) is 13.3. The molecule has 3 nitrogen and oxygen atoms in total. The van der Waals surface area contributed by atoms with Crippen molar-refractivity contribution in [3.05, 3.63) is 0 Å². The van der Waals surface area contributed by atoms with Gasteiger partial charge in [-0.15, -0.1) is 0 Å². The highest BCUT2D eigenvalue weighted by Gasteiger charge is 2.31. The van der Waals surface area contributed by atoms with Crippen molar-refractivity contribution in [2.75, 3.05) is 32.8 Å². The molecule has 0 saturated carbocycles. The van der Waals surface area contributed by atoms with E-state index < -0.39 is 0 Å². The molecule has 2 fully saturated rings. The Morgan fingerprint density at radius 3 is 2.82 bits per heavy atom. The minimum absolute atomic E-state index is 0.357. The van der Waals surface area contributed by atoms with Crippen LogP contribution in [-0.4, -0.2) is 48.8 Å². The fourth-order valence-corrected chi connectivity index (χ4v) is 3.47. The first-order valence-corrected chi connectivity index (χ1v) is 7.47. The van der Waals surface area contributed by atoms with Gasteiger partial charge in [0.1, 0.15) is 0 Å². The fraction of sp³-hybridized carbons (Fsp3) is 1.00. The predicted octanol–water partition coefficient (Wildman–Crippen LogP) is 1.61. The number of aliphatic hydroxyl groups excluding tert-OH is 1. The highest BCUT2D eigenvalue weighted by Crippen LogP contribution is 2.28. The van der Waals surface area contributed by atoms with Gasteiger partial charge in [-0.05, 0) is 77.0 Å². The van der Waals surface area contributed by atoms with E-state index in [1.54, 1.807) is 0 Å². The predicted molar refractivity (Wildman–Crippen MR) is 71.1 cm³/mol. The maximum absolute atomic E-state index is 8.79. The molecule has 2 heterocycles. The van der Waals surface area contributed by atoms with Gasteiger partial charge in [0.15, 0.2) is 0 Å². The first-order chi connectivity index (χ1) is 8.42. The highest BCUT2D eigenvalue weighted by molar-refractivity contribution is 4.87. The molecule has 2 saturated heterocycles. The molecule has 0 aromatic carbocycles. The van der Waals surface area contributed by atoms with Crippen LogP contribution in [-0.2, 0) is 0 Å². The van der Waals surface area contributed by atoms with Crippen molar-refractivity contribution in [2.45, 2.75) is 51.0 Å². The number of nitrogens with zero attached hydrogens (tertiary/aromatic N) is 1. The molecule has 0 spiro atoms. The van der Waals surface area contributed by atoms with Crippen LogP contribution in [0, 0.1) is 5.92 Å². The summed E-state index contributed by atoms with van der Waals surface area (Å²) in [5.74, 6) is 0.893. The zero-order valence-corrected chi connectivity index (χ0v) is 11.0. The van der Waals surface area contributed by atoms with E-state index in [2.05, 4.69) is 10.2 Å². The lowest BCUT2D eigenvalue weighted by Gasteiger charge is -2.34. The van der Waals surface area contributed by atoms with E-state index in [4.69, 9.17) is 5.11 Å². The Kier molecular flexibility index (Phi) is 5.75. The van der Waals surface area contributed by atoms with Gasteiger partial charge < -0.3 is 15.3 Å². The van der Waals surface area contributed by atoms with E-state index in [-0.39, 0.29) is 0 Å². The molecule has 0 amide bonds. The molecule has 2 atom stereocenters. The summed E-state index contributed by atoms with van der Waals surface area (Å²) < 4.78 is 0. The third kappa shape index (κ3) is 3.94. The second-order valence-corrected chi connectivity index (χ2v) is 5.64. The summed E-state index contributed by atoms with van der Waals surface area (Å²) in [5, 5.41) is 12.3. The summed E-state index contributed by atoms with van der Waals surface area (Å²) in [6, 6.07) is 0.844. The average Bonchev–Trinajstić information content (AvgIpc) is 2.84. The summed E-state index contributed by atoms with van der Waals surface area (Å²) in [4.78, 5) is 2.72. The monoisotopic (exact) mass is 240 g/mol. The SMILES string of the molecule is OCCCCCN1CCCC1C1CCCNC1. The molecule has 3 heteroatoms. The van der Waals surface area contributed by atoms with Crippen molar-refractivity contribution < 1.29 is 5.11 Å². The maximum atomic E-state index is 8.79. The molecule has 0 aromatic rings. The molecule has 2 rings (SSSR count). The van der Waals surface area contributed by atoms with Crippen LogP contribution in [0.15, 0.2) is 0 Å². The molecular weight excluding hydrogens is 212 g/mol. The number of nitrogens with one attached hydrogen (secondary N) is 1. The zero-order valence-electron chi connectivity index (χ0n) is 11.0. The molecule has 2 aliphatic heterocycles. The molecule has 2 unspecified atom stereocenters. The second-order valence-electron chi connectivity index (χ2n) is 5.64. The number of hydrogen-bond acceptors (Lipinski definition) is 3. The fourth-order valence-electron chi connectivity index (χ4n) is 3.47. The Balaban J connectivity index is 1.72. The van der Waals surface area contributed by atoms with Gasteiger partial charge in [0.05, 0.1) is 0 Å². The van der Waals surface area contributed by atoms with Crippen LogP contribution in [0.3, 0.4) is 0 Å². The highest BCUT2D eigenvalue weighted by atomic mass is 16.2. The van der Waals surface area contributed by atoms with Gasteiger partial charge in [-0.1, -0.05) is 0 Å². The van der Waals surface area contributed by atoms with Crippen molar-refractivity contribution in [3.8, 4) is 0 Å². The molecule has 0 aliphatic carbocycles. The van der Waals surface area contributed by atoms with Crippen molar-refractivity contribution in [3.63, 3.8) is 0 Å². The Bertz CT molecular complexity index is 204. The summed E-state index contributed by atoms with van der Waals surface area (Å²) >= 11 is 0. The van der Waals surface area contributed by atoms with Crippen LogP contribution in [0.1, 0.15) is 44.9 Å². The molecule has 0 radical (unpaired) electrons. The van der Waals surface area contributed by atoms with Crippen molar-refractivity contribution >= 4 is 0 Å². The minimum atomic E-state index is 0.357. The molecule has 17 heavy (non-hydrogen) atoms. The van der Waals surface area contributed by atoms with Crippen LogP contribution in [0.25, 0.3) is 0 Å². The smallest absolute Gasteiger partial charge is 0.0431 e. The number of hydrogen-bond donors (Lipinski definition) is 2.